The number of β-lactam (4-membered cyclic amide) rings is 1. The van der Waals surface area contributed by atoms with E-state index >= 15 is 0 Å². The van der Waals surface area contributed by atoms with E-state index in [1.807, 2.05) is 37.3 Å². The molecule has 2 aliphatic heterocycles. The first-order valence-corrected chi connectivity index (χ1v) is 12.4. The molecular weight excluding hydrogens is 360 g/mol. The number of hydrogen-bond donors (Lipinski definition) is 1. The molecule has 0 spiro atoms. The lowest BCUT2D eigenvalue weighted by Crippen LogP contribution is -2.73. The minimum Gasteiger partial charge on any atom is -0.447 e. The Morgan fingerprint density at radius 3 is 2.41 bits per heavy atom. The van der Waals surface area contributed by atoms with Crippen LogP contribution in [0, 0.1) is 0 Å². The van der Waals surface area contributed by atoms with Crippen LogP contribution in [0.25, 0.3) is 0 Å². The van der Waals surface area contributed by atoms with Gasteiger partial charge in [0.05, 0.1) is 18.2 Å². The first-order chi connectivity index (χ1) is 12.5. The van der Waals surface area contributed by atoms with Gasteiger partial charge in [0.1, 0.15) is 12.6 Å². The first kappa shape index (κ1) is 19.9. The van der Waals surface area contributed by atoms with Crippen LogP contribution in [0.1, 0.15) is 39.3 Å². The highest BCUT2D eigenvalue weighted by Gasteiger charge is 2.54. The summed E-state index contributed by atoms with van der Waals surface area (Å²) >= 11 is 0. The van der Waals surface area contributed by atoms with Gasteiger partial charge < -0.3 is 14.5 Å². The zero-order valence-electron chi connectivity index (χ0n) is 17.0. The molecule has 0 radical (unpaired) electrons. The highest BCUT2D eigenvalue weighted by atomic mass is 28.4. The van der Waals surface area contributed by atoms with Crippen molar-refractivity contribution in [3.63, 3.8) is 0 Å². The summed E-state index contributed by atoms with van der Waals surface area (Å²) < 4.78 is 11.8. The molecule has 1 aromatic carbocycles. The average molecular weight is 391 g/mol. The molecule has 4 atom stereocenters. The first-order valence-electron chi connectivity index (χ1n) is 9.51. The SMILES string of the molecule is C[C@H](O[Si](C)(C)C(C)(C)C)[C@H]1NC(=O)[C@@H]1N1C(=O)OC[C@@H]1c1ccccc1. The summed E-state index contributed by atoms with van der Waals surface area (Å²) in [6.45, 7) is 13.2. The number of amides is 2. The minimum absolute atomic E-state index is 0.0731. The van der Waals surface area contributed by atoms with Gasteiger partial charge in [-0.2, -0.15) is 0 Å². The van der Waals surface area contributed by atoms with E-state index in [1.165, 1.54) is 0 Å². The maximum Gasteiger partial charge on any atom is 0.411 e. The summed E-state index contributed by atoms with van der Waals surface area (Å²) in [4.78, 5) is 26.4. The van der Waals surface area contributed by atoms with Gasteiger partial charge in [-0.1, -0.05) is 51.1 Å². The van der Waals surface area contributed by atoms with Gasteiger partial charge in [-0.05, 0) is 30.6 Å². The molecule has 148 valence electrons. The van der Waals surface area contributed by atoms with E-state index in [1.54, 1.807) is 4.90 Å². The van der Waals surface area contributed by atoms with Crippen LogP contribution >= 0.6 is 0 Å². The Labute approximate surface area is 162 Å². The van der Waals surface area contributed by atoms with E-state index in [0.29, 0.717) is 0 Å². The number of nitrogens with zero attached hydrogens (tertiary/aromatic N) is 1. The van der Waals surface area contributed by atoms with Crippen molar-refractivity contribution < 1.29 is 18.8 Å². The Morgan fingerprint density at radius 2 is 1.85 bits per heavy atom. The molecule has 2 amide bonds. The van der Waals surface area contributed by atoms with Crippen LogP contribution in [0.4, 0.5) is 4.79 Å². The van der Waals surface area contributed by atoms with E-state index < -0.39 is 20.5 Å². The maximum absolute atomic E-state index is 12.4. The van der Waals surface area contributed by atoms with Crippen molar-refractivity contribution in [2.24, 2.45) is 0 Å². The van der Waals surface area contributed by atoms with Crippen molar-refractivity contribution in [3.8, 4) is 0 Å². The summed E-state index contributed by atoms with van der Waals surface area (Å²) in [5.74, 6) is -0.148. The van der Waals surface area contributed by atoms with Gasteiger partial charge in [0, 0.05) is 0 Å². The highest BCUT2D eigenvalue weighted by Crippen LogP contribution is 2.39. The standard InChI is InChI=1S/C20H30N2O4Si/c1-13(26-27(5,6)20(2,3)4)16-17(18(23)21-16)22-15(12-25-19(22)24)14-10-8-7-9-11-14/h7-11,13,15-17H,12H2,1-6H3,(H,21,23)/t13-,15+,16+,17+/m0/s1. The Bertz CT molecular complexity index is 716. The van der Waals surface area contributed by atoms with Crippen molar-refractivity contribution in [3.05, 3.63) is 35.9 Å². The lowest BCUT2D eigenvalue weighted by Gasteiger charge is -2.48. The molecule has 2 heterocycles. The molecule has 0 saturated carbocycles. The fraction of sp³-hybridized carbons (Fsp3) is 0.600. The van der Waals surface area contributed by atoms with Crippen LogP contribution in [0.15, 0.2) is 30.3 Å². The molecule has 0 aromatic heterocycles. The highest BCUT2D eigenvalue weighted by molar-refractivity contribution is 6.74. The van der Waals surface area contributed by atoms with E-state index in [2.05, 4.69) is 39.2 Å². The third-order valence-electron chi connectivity index (χ3n) is 6.11. The number of hydrogen-bond acceptors (Lipinski definition) is 4. The quantitative estimate of drug-likeness (QED) is 0.618. The second-order valence-electron chi connectivity index (χ2n) is 8.97. The van der Waals surface area contributed by atoms with Crippen LogP contribution in [-0.4, -0.2) is 50.0 Å². The topological polar surface area (TPSA) is 67.9 Å². The molecule has 7 heteroatoms. The predicted octanol–water partition coefficient (Wildman–Crippen LogP) is 3.46. The molecule has 6 nitrogen and oxygen atoms in total. The molecule has 3 rings (SSSR count). The molecule has 2 saturated heterocycles. The second kappa shape index (κ2) is 6.94. The third kappa shape index (κ3) is 3.62. The molecule has 1 N–H and O–H groups in total. The number of carbonyl (C=O) groups is 2. The summed E-state index contributed by atoms with van der Waals surface area (Å²) in [5, 5.41) is 3.02. The molecule has 0 aliphatic carbocycles. The zero-order valence-corrected chi connectivity index (χ0v) is 18.0. The average Bonchev–Trinajstić information content (AvgIpc) is 2.93. The second-order valence-corrected chi connectivity index (χ2v) is 13.7. The van der Waals surface area contributed by atoms with Gasteiger partial charge in [-0.25, -0.2) is 4.79 Å². The van der Waals surface area contributed by atoms with Crippen LogP contribution in [0.2, 0.25) is 18.1 Å². The summed E-state index contributed by atoms with van der Waals surface area (Å²) in [7, 11) is -1.99. The summed E-state index contributed by atoms with van der Waals surface area (Å²) in [5.41, 5.74) is 0.972. The molecule has 1 aromatic rings. The minimum atomic E-state index is -1.99. The number of ether oxygens (including phenoxy) is 1. The lowest BCUT2D eigenvalue weighted by molar-refractivity contribution is -0.139. The number of nitrogens with one attached hydrogen (secondary N) is 1. The Kier molecular flexibility index (Phi) is 5.11. The number of benzene rings is 1. The molecule has 2 fully saturated rings. The predicted molar refractivity (Wildman–Crippen MR) is 106 cm³/mol. The van der Waals surface area contributed by atoms with Crippen molar-refractivity contribution in [1.29, 1.82) is 0 Å². The van der Waals surface area contributed by atoms with E-state index in [4.69, 9.17) is 9.16 Å². The van der Waals surface area contributed by atoms with E-state index in [9.17, 15) is 9.59 Å². The Hall–Kier alpha value is -1.86. The largest absolute Gasteiger partial charge is 0.447 e. The maximum atomic E-state index is 12.4. The summed E-state index contributed by atoms with van der Waals surface area (Å²) in [6, 6.07) is 8.65. The fourth-order valence-electron chi connectivity index (χ4n) is 3.46. The van der Waals surface area contributed by atoms with Gasteiger partial charge >= 0.3 is 6.09 Å². The summed E-state index contributed by atoms with van der Waals surface area (Å²) in [6.07, 6.45) is -0.619. The number of rotatable bonds is 5. The van der Waals surface area contributed by atoms with Gasteiger partial charge in [-0.3, -0.25) is 9.69 Å². The van der Waals surface area contributed by atoms with E-state index in [0.717, 1.165) is 5.56 Å². The molecule has 0 unspecified atom stereocenters. The lowest BCUT2D eigenvalue weighted by atomic mass is 9.91. The third-order valence-corrected chi connectivity index (χ3v) is 10.7. The number of cyclic esters (lactones) is 1. The van der Waals surface area contributed by atoms with Crippen LogP contribution < -0.4 is 5.32 Å². The van der Waals surface area contributed by atoms with E-state index in [-0.39, 0.29) is 35.7 Å². The van der Waals surface area contributed by atoms with Gasteiger partial charge in [0.15, 0.2) is 8.32 Å². The fourth-order valence-corrected chi connectivity index (χ4v) is 4.89. The molecular formula is C20H30N2O4Si. The zero-order chi connectivity index (χ0) is 20.0. The van der Waals surface area contributed by atoms with Gasteiger partial charge in [0.2, 0.25) is 5.91 Å². The van der Waals surface area contributed by atoms with Crippen molar-refractivity contribution >= 4 is 20.3 Å². The normalized spacial score (nSPS) is 27.0. The van der Waals surface area contributed by atoms with Crippen molar-refractivity contribution in [1.82, 2.24) is 10.2 Å². The van der Waals surface area contributed by atoms with Gasteiger partial charge in [0.25, 0.3) is 0 Å². The van der Waals surface area contributed by atoms with Gasteiger partial charge in [-0.15, -0.1) is 0 Å². The molecule has 2 aliphatic rings. The molecule has 27 heavy (non-hydrogen) atoms. The smallest absolute Gasteiger partial charge is 0.411 e. The number of carbonyl (C=O) groups excluding carboxylic acids is 2. The Morgan fingerprint density at radius 1 is 1.22 bits per heavy atom. The van der Waals surface area contributed by atoms with Crippen LogP contribution in [0.5, 0.6) is 0 Å². The van der Waals surface area contributed by atoms with Crippen molar-refractivity contribution in [2.75, 3.05) is 6.61 Å². The van der Waals surface area contributed by atoms with Crippen LogP contribution in [0.3, 0.4) is 0 Å². The monoisotopic (exact) mass is 390 g/mol. The molecule has 0 bridgehead atoms. The van der Waals surface area contributed by atoms with Crippen molar-refractivity contribution in [2.45, 2.75) is 70.1 Å². The Balaban J connectivity index is 1.80. The van der Waals surface area contributed by atoms with Crippen LogP contribution in [-0.2, 0) is 14.0 Å².